The zero-order chi connectivity index (χ0) is 15.6. The van der Waals surface area contributed by atoms with Crippen molar-refractivity contribution in [2.24, 2.45) is 5.73 Å². The molecule has 2 N–H and O–H groups in total. The van der Waals surface area contributed by atoms with Crippen LogP contribution in [0.4, 0.5) is 0 Å². The molecule has 0 aliphatic rings. The van der Waals surface area contributed by atoms with E-state index in [1.165, 1.54) is 0 Å². The fraction of sp³-hybridized carbons (Fsp3) is 0.438. The first-order valence-electron chi connectivity index (χ1n) is 7.06. The number of fused-ring (bicyclic) bond motifs is 1. The monoisotopic (exact) mass is 289 g/mol. The predicted octanol–water partition coefficient (Wildman–Crippen LogP) is 1.74. The van der Waals surface area contributed by atoms with Gasteiger partial charge < -0.3 is 15.4 Å². The van der Waals surface area contributed by atoms with Gasteiger partial charge in [-0.2, -0.15) is 0 Å². The van der Waals surface area contributed by atoms with Crippen LogP contribution >= 0.6 is 0 Å². The van der Waals surface area contributed by atoms with Gasteiger partial charge in [-0.3, -0.25) is 9.36 Å². The smallest absolute Gasteiger partial charge is 0.247 e. The van der Waals surface area contributed by atoms with E-state index in [2.05, 4.69) is 4.90 Å². The van der Waals surface area contributed by atoms with E-state index < -0.39 is 6.04 Å². The number of benzene rings is 1. The lowest BCUT2D eigenvalue weighted by Gasteiger charge is -2.08. The minimum atomic E-state index is -0.524. The topological polar surface area (TPSA) is 60.5 Å². The molecule has 0 saturated heterocycles. The van der Waals surface area contributed by atoms with Crippen molar-refractivity contribution < 1.29 is 9.53 Å². The van der Waals surface area contributed by atoms with Gasteiger partial charge in [0, 0.05) is 18.1 Å². The summed E-state index contributed by atoms with van der Waals surface area (Å²) in [6.07, 6.45) is 2.77. The Morgan fingerprint density at radius 1 is 1.43 bits per heavy atom. The van der Waals surface area contributed by atoms with Gasteiger partial charge in [0.15, 0.2) is 0 Å². The summed E-state index contributed by atoms with van der Waals surface area (Å²) in [6.45, 7) is 2.62. The lowest BCUT2D eigenvalue weighted by Crippen LogP contribution is -2.31. The highest BCUT2D eigenvalue weighted by Crippen LogP contribution is 2.26. The molecule has 0 aliphatic carbocycles. The predicted molar refractivity (Wildman–Crippen MR) is 85.0 cm³/mol. The van der Waals surface area contributed by atoms with E-state index >= 15 is 0 Å². The second-order valence-corrected chi connectivity index (χ2v) is 5.59. The lowest BCUT2D eigenvalue weighted by atomic mass is 10.1. The summed E-state index contributed by atoms with van der Waals surface area (Å²) in [5.41, 5.74) is 7.76. The molecule has 5 heteroatoms. The Morgan fingerprint density at radius 2 is 2.14 bits per heavy atom. The van der Waals surface area contributed by atoms with Crippen LogP contribution in [0.1, 0.15) is 17.3 Å². The van der Waals surface area contributed by atoms with Gasteiger partial charge in [0.05, 0.1) is 18.7 Å². The van der Waals surface area contributed by atoms with Crippen molar-refractivity contribution in [3.63, 3.8) is 0 Å². The fourth-order valence-electron chi connectivity index (χ4n) is 2.35. The molecule has 0 fully saturated rings. The second kappa shape index (κ2) is 6.28. The number of nitrogens with zero attached hydrogens (tertiary/aromatic N) is 2. The molecule has 0 spiro atoms. The maximum Gasteiger partial charge on any atom is 0.247 e. The maximum atomic E-state index is 12.3. The number of methoxy groups -OCH3 is 1. The van der Waals surface area contributed by atoms with Crippen LogP contribution in [0.15, 0.2) is 24.4 Å². The van der Waals surface area contributed by atoms with Crippen molar-refractivity contribution >= 4 is 16.8 Å². The lowest BCUT2D eigenvalue weighted by molar-refractivity contribution is 0.0892. The first-order chi connectivity index (χ1) is 9.93. The number of hydrogen-bond donors (Lipinski definition) is 1. The third kappa shape index (κ3) is 3.25. The Bertz CT molecular complexity index is 644. The summed E-state index contributed by atoms with van der Waals surface area (Å²) in [6, 6.07) is 5.23. The molecule has 2 aromatic rings. The number of nitrogens with two attached hydrogens (primary N) is 1. The van der Waals surface area contributed by atoms with Gasteiger partial charge in [-0.15, -0.1) is 0 Å². The molecule has 1 heterocycles. The van der Waals surface area contributed by atoms with Crippen LogP contribution in [-0.4, -0.2) is 49.2 Å². The van der Waals surface area contributed by atoms with Crippen LogP contribution in [0.3, 0.4) is 0 Å². The van der Waals surface area contributed by atoms with Gasteiger partial charge in [0.1, 0.15) is 5.75 Å². The Labute approximate surface area is 125 Å². The molecule has 1 aromatic heterocycles. The molecule has 0 amide bonds. The highest BCUT2D eigenvalue weighted by molar-refractivity contribution is 5.97. The molecule has 0 bridgehead atoms. The van der Waals surface area contributed by atoms with E-state index in [1.54, 1.807) is 18.6 Å². The molecule has 2 rings (SSSR count). The molecule has 1 unspecified atom stereocenters. The summed E-state index contributed by atoms with van der Waals surface area (Å²) >= 11 is 0. The van der Waals surface area contributed by atoms with Gasteiger partial charge in [0.2, 0.25) is 5.91 Å². The standard InChI is InChI=1S/C16H23N3O2/c1-11(17)16(20)19-10-12(7-8-18(2)3)14-9-13(21-4)5-6-15(14)19/h5-6,9-11H,7-8,17H2,1-4H3. The van der Waals surface area contributed by atoms with E-state index in [9.17, 15) is 4.79 Å². The van der Waals surface area contributed by atoms with E-state index in [1.807, 2.05) is 38.5 Å². The van der Waals surface area contributed by atoms with Crippen molar-refractivity contribution in [1.82, 2.24) is 9.47 Å². The van der Waals surface area contributed by atoms with Crippen molar-refractivity contribution in [3.05, 3.63) is 30.0 Å². The summed E-state index contributed by atoms with van der Waals surface area (Å²) < 4.78 is 6.95. The van der Waals surface area contributed by atoms with Crippen molar-refractivity contribution in [3.8, 4) is 5.75 Å². The van der Waals surface area contributed by atoms with E-state index in [4.69, 9.17) is 10.5 Å². The number of likely N-dealkylation sites (N-methyl/N-ethyl adjacent to an activating group) is 1. The van der Waals surface area contributed by atoms with Gasteiger partial charge in [0.25, 0.3) is 0 Å². The normalized spacial score (nSPS) is 12.9. The zero-order valence-electron chi connectivity index (χ0n) is 13.1. The molecule has 21 heavy (non-hydrogen) atoms. The average molecular weight is 289 g/mol. The summed E-state index contributed by atoms with van der Waals surface area (Å²) in [5.74, 6) is 0.695. The summed E-state index contributed by atoms with van der Waals surface area (Å²) in [5, 5.41) is 1.05. The second-order valence-electron chi connectivity index (χ2n) is 5.59. The number of aromatic nitrogens is 1. The van der Waals surface area contributed by atoms with E-state index in [0.717, 1.165) is 35.2 Å². The largest absolute Gasteiger partial charge is 0.497 e. The molecule has 0 aliphatic heterocycles. The van der Waals surface area contributed by atoms with Crippen molar-refractivity contribution in [2.75, 3.05) is 27.7 Å². The zero-order valence-corrected chi connectivity index (χ0v) is 13.1. The summed E-state index contributed by atoms with van der Waals surface area (Å²) in [7, 11) is 5.71. The summed E-state index contributed by atoms with van der Waals surface area (Å²) in [4.78, 5) is 14.4. The number of rotatable bonds is 5. The Balaban J connectivity index is 2.52. The van der Waals surface area contributed by atoms with Crippen molar-refractivity contribution in [1.29, 1.82) is 0 Å². The number of hydrogen-bond acceptors (Lipinski definition) is 4. The minimum Gasteiger partial charge on any atom is -0.497 e. The van der Waals surface area contributed by atoms with Gasteiger partial charge >= 0.3 is 0 Å². The van der Waals surface area contributed by atoms with Gasteiger partial charge in [-0.25, -0.2) is 0 Å². The molecule has 1 aromatic carbocycles. The fourth-order valence-corrected chi connectivity index (χ4v) is 2.35. The van der Waals surface area contributed by atoms with E-state index in [-0.39, 0.29) is 5.91 Å². The number of carbonyl (C=O) groups is 1. The third-order valence-corrected chi connectivity index (χ3v) is 3.55. The molecular weight excluding hydrogens is 266 g/mol. The Morgan fingerprint density at radius 3 is 2.71 bits per heavy atom. The third-order valence-electron chi connectivity index (χ3n) is 3.55. The molecule has 1 atom stereocenters. The number of carbonyl (C=O) groups excluding carboxylic acids is 1. The highest BCUT2D eigenvalue weighted by atomic mass is 16.5. The van der Waals surface area contributed by atoms with Crippen LogP contribution in [0.2, 0.25) is 0 Å². The van der Waals surface area contributed by atoms with Crippen LogP contribution in [-0.2, 0) is 6.42 Å². The van der Waals surface area contributed by atoms with Crippen LogP contribution in [0.5, 0.6) is 5.75 Å². The quantitative estimate of drug-likeness (QED) is 0.911. The molecule has 0 radical (unpaired) electrons. The van der Waals surface area contributed by atoms with Crippen molar-refractivity contribution in [2.45, 2.75) is 19.4 Å². The van der Waals surface area contributed by atoms with Crippen LogP contribution < -0.4 is 10.5 Å². The minimum absolute atomic E-state index is 0.0960. The molecule has 114 valence electrons. The molecule has 0 saturated carbocycles. The maximum absolute atomic E-state index is 12.3. The Kier molecular flexibility index (Phi) is 4.65. The van der Waals surface area contributed by atoms with Gasteiger partial charge in [-0.1, -0.05) is 0 Å². The highest BCUT2D eigenvalue weighted by Gasteiger charge is 2.17. The SMILES string of the molecule is COc1ccc2c(c1)c(CCN(C)C)cn2C(=O)C(C)N. The number of ether oxygens (including phenoxy) is 1. The average Bonchev–Trinajstić information content (AvgIpc) is 2.81. The molecule has 5 nitrogen and oxygen atoms in total. The first kappa shape index (κ1) is 15.5. The van der Waals surface area contributed by atoms with Crippen LogP contribution in [0.25, 0.3) is 10.9 Å². The Hall–Kier alpha value is -1.85. The first-order valence-corrected chi connectivity index (χ1v) is 7.06. The molecular formula is C16H23N3O2. The van der Waals surface area contributed by atoms with Crippen LogP contribution in [0, 0.1) is 0 Å². The van der Waals surface area contributed by atoms with Gasteiger partial charge in [-0.05, 0) is 51.2 Å². The van der Waals surface area contributed by atoms with E-state index in [0.29, 0.717) is 0 Å².